The quantitative estimate of drug-likeness (QED) is 0.388. The first-order chi connectivity index (χ1) is 11.5. The van der Waals surface area contributed by atoms with Gasteiger partial charge in [0, 0.05) is 53.0 Å². The predicted octanol–water partition coefficient (Wildman–Crippen LogP) is 0.231. The minimum Gasteiger partial charge on any atom is -0.359 e. The van der Waals surface area contributed by atoms with Gasteiger partial charge in [0.15, 0.2) is 5.96 Å². The molecule has 2 amide bonds. The summed E-state index contributed by atoms with van der Waals surface area (Å²) >= 11 is 1.77. The summed E-state index contributed by atoms with van der Waals surface area (Å²) in [6.45, 7) is 2.72. The van der Waals surface area contributed by atoms with Crippen molar-refractivity contribution in [1.82, 2.24) is 20.4 Å². The minimum absolute atomic E-state index is 0.00586. The number of aliphatic imine (C=N–C) groups is 1. The average Bonchev–Trinajstić information content (AvgIpc) is 2.58. The standard InChI is InChI=1S/C16H31N5O2S/c1-17-14(22)11-13-5-8-21(9-6-13)16(18-7-10-24-4)19-12-15(23)20(2)3/h13H,5-12H2,1-4H3,(H,17,22)(H,18,19). The normalized spacial score (nSPS) is 16.0. The lowest BCUT2D eigenvalue weighted by molar-refractivity contribution is -0.127. The fourth-order valence-corrected chi connectivity index (χ4v) is 2.84. The van der Waals surface area contributed by atoms with Crippen LogP contribution in [0.2, 0.25) is 0 Å². The number of amides is 2. The Balaban J connectivity index is 2.59. The number of guanidine groups is 1. The number of hydrogen-bond acceptors (Lipinski definition) is 4. The van der Waals surface area contributed by atoms with E-state index in [9.17, 15) is 9.59 Å². The Bertz CT molecular complexity index is 434. The monoisotopic (exact) mass is 357 g/mol. The maximum Gasteiger partial charge on any atom is 0.243 e. The van der Waals surface area contributed by atoms with Gasteiger partial charge >= 0.3 is 0 Å². The van der Waals surface area contributed by atoms with E-state index in [0.29, 0.717) is 12.3 Å². The highest BCUT2D eigenvalue weighted by Crippen LogP contribution is 2.20. The summed E-state index contributed by atoms with van der Waals surface area (Å²) in [5.74, 6) is 2.33. The lowest BCUT2D eigenvalue weighted by Crippen LogP contribution is -2.47. The number of likely N-dealkylation sites (tertiary alicyclic amines) is 1. The largest absolute Gasteiger partial charge is 0.359 e. The zero-order valence-electron chi connectivity index (χ0n) is 15.3. The van der Waals surface area contributed by atoms with Gasteiger partial charge in [0.05, 0.1) is 0 Å². The lowest BCUT2D eigenvalue weighted by atomic mass is 9.93. The molecule has 0 radical (unpaired) electrons. The highest BCUT2D eigenvalue weighted by atomic mass is 32.2. The molecule has 0 aromatic heterocycles. The van der Waals surface area contributed by atoms with Gasteiger partial charge in [-0.25, -0.2) is 4.99 Å². The van der Waals surface area contributed by atoms with Crippen LogP contribution in [0.1, 0.15) is 19.3 Å². The van der Waals surface area contributed by atoms with Gasteiger partial charge in [-0.15, -0.1) is 0 Å². The Morgan fingerprint density at radius 1 is 1.29 bits per heavy atom. The molecule has 0 unspecified atom stereocenters. The molecule has 138 valence electrons. The predicted molar refractivity (Wildman–Crippen MR) is 100 cm³/mol. The molecule has 2 N–H and O–H groups in total. The van der Waals surface area contributed by atoms with Gasteiger partial charge < -0.3 is 20.4 Å². The van der Waals surface area contributed by atoms with Gasteiger partial charge in [0.25, 0.3) is 0 Å². The Labute approximate surface area is 149 Å². The van der Waals surface area contributed by atoms with E-state index in [1.807, 2.05) is 0 Å². The van der Waals surface area contributed by atoms with E-state index in [-0.39, 0.29) is 18.4 Å². The molecule has 0 atom stereocenters. The summed E-state index contributed by atoms with van der Waals surface area (Å²) in [6.07, 6.45) is 4.60. The molecular formula is C16H31N5O2S. The van der Waals surface area contributed by atoms with E-state index in [4.69, 9.17) is 0 Å². The summed E-state index contributed by atoms with van der Waals surface area (Å²) in [5.41, 5.74) is 0. The SMILES string of the molecule is CNC(=O)CC1CCN(C(=NCC(=O)N(C)C)NCCSC)CC1. The van der Waals surface area contributed by atoms with Crippen molar-refractivity contribution in [3.05, 3.63) is 0 Å². The van der Waals surface area contributed by atoms with Crippen LogP contribution in [0.15, 0.2) is 4.99 Å². The van der Waals surface area contributed by atoms with Crippen LogP contribution >= 0.6 is 11.8 Å². The zero-order valence-corrected chi connectivity index (χ0v) is 16.1. The molecule has 1 saturated heterocycles. The van der Waals surface area contributed by atoms with E-state index in [2.05, 4.69) is 26.8 Å². The van der Waals surface area contributed by atoms with Crippen LogP contribution in [-0.2, 0) is 9.59 Å². The van der Waals surface area contributed by atoms with E-state index in [0.717, 1.165) is 44.2 Å². The smallest absolute Gasteiger partial charge is 0.243 e. The molecule has 1 rings (SSSR count). The summed E-state index contributed by atoms with van der Waals surface area (Å²) in [5, 5.41) is 6.05. The maximum atomic E-state index is 11.8. The van der Waals surface area contributed by atoms with E-state index in [1.54, 1.807) is 37.8 Å². The number of nitrogens with zero attached hydrogens (tertiary/aromatic N) is 3. The molecule has 1 fully saturated rings. The Kier molecular flexibility index (Phi) is 9.59. The molecule has 7 nitrogen and oxygen atoms in total. The highest BCUT2D eigenvalue weighted by Gasteiger charge is 2.23. The highest BCUT2D eigenvalue weighted by molar-refractivity contribution is 7.98. The van der Waals surface area contributed by atoms with Crippen molar-refractivity contribution in [3.8, 4) is 0 Å². The molecule has 0 aromatic rings. The van der Waals surface area contributed by atoms with Crippen LogP contribution in [0.5, 0.6) is 0 Å². The first-order valence-corrected chi connectivity index (χ1v) is 9.80. The second-order valence-corrected chi connectivity index (χ2v) is 7.14. The molecule has 24 heavy (non-hydrogen) atoms. The number of likely N-dealkylation sites (N-methyl/N-ethyl adjacent to an activating group) is 1. The van der Waals surface area contributed by atoms with Crippen LogP contribution in [0.4, 0.5) is 0 Å². The molecule has 0 spiro atoms. The van der Waals surface area contributed by atoms with Crippen molar-refractivity contribution in [3.63, 3.8) is 0 Å². The van der Waals surface area contributed by atoms with Gasteiger partial charge in [-0.1, -0.05) is 0 Å². The first kappa shape index (κ1) is 20.6. The van der Waals surface area contributed by atoms with Crippen molar-refractivity contribution in [2.24, 2.45) is 10.9 Å². The van der Waals surface area contributed by atoms with Crippen molar-refractivity contribution in [1.29, 1.82) is 0 Å². The molecule has 8 heteroatoms. The maximum absolute atomic E-state index is 11.8. The number of hydrogen-bond donors (Lipinski definition) is 2. The number of carbonyl (C=O) groups is 2. The molecule has 1 aliphatic rings. The molecule has 1 aliphatic heterocycles. The fraction of sp³-hybridized carbons (Fsp3) is 0.812. The minimum atomic E-state index is -0.00586. The number of thioether (sulfide) groups is 1. The van der Waals surface area contributed by atoms with E-state index in [1.165, 1.54) is 0 Å². The van der Waals surface area contributed by atoms with Gasteiger partial charge in [-0.2, -0.15) is 11.8 Å². The molecular weight excluding hydrogens is 326 g/mol. The average molecular weight is 358 g/mol. The van der Waals surface area contributed by atoms with Crippen LogP contribution < -0.4 is 10.6 Å². The second kappa shape index (κ2) is 11.2. The first-order valence-electron chi connectivity index (χ1n) is 8.40. The van der Waals surface area contributed by atoms with Crippen molar-refractivity contribution < 1.29 is 9.59 Å². The Morgan fingerprint density at radius 3 is 2.50 bits per heavy atom. The van der Waals surface area contributed by atoms with E-state index < -0.39 is 0 Å². The van der Waals surface area contributed by atoms with Crippen LogP contribution in [-0.4, -0.2) is 86.9 Å². The van der Waals surface area contributed by atoms with Crippen LogP contribution in [0.25, 0.3) is 0 Å². The van der Waals surface area contributed by atoms with Gasteiger partial charge in [-0.3, -0.25) is 9.59 Å². The van der Waals surface area contributed by atoms with Crippen molar-refractivity contribution >= 4 is 29.5 Å². The van der Waals surface area contributed by atoms with Crippen molar-refractivity contribution in [2.75, 3.05) is 59.3 Å². The van der Waals surface area contributed by atoms with Gasteiger partial charge in [0.1, 0.15) is 6.54 Å². The topological polar surface area (TPSA) is 77.0 Å². The van der Waals surface area contributed by atoms with Gasteiger partial charge in [-0.05, 0) is 25.0 Å². The third kappa shape index (κ3) is 7.42. The van der Waals surface area contributed by atoms with E-state index >= 15 is 0 Å². The molecule has 0 aromatic carbocycles. The summed E-state index contributed by atoms with van der Waals surface area (Å²) in [4.78, 5) is 31.5. The molecule has 0 saturated carbocycles. The Hall–Kier alpha value is -1.44. The third-order valence-corrected chi connectivity index (χ3v) is 4.73. The van der Waals surface area contributed by atoms with Crippen molar-refractivity contribution in [2.45, 2.75) is 19.3 Å². The molecule has 1 heterocycles. The van der Waals surface area contributed by atoms with Crippen LogP contribution in [0.3, 0.4) is 0 Å². The lowest BCUT2D eigenvalue weighted by Gasteiger charge is -2.34. The number of nitrogens with one attached hydrogen (secondary N) is 2. The van der Waals surface area contributed by atoms with Gasteiger partial charge in [0.2, 0.25) is 11.8 Å². The fourth-order valence-electron chi connectivity index (χ4n) is 2.53. The summed E-state index contributed by atoms with van der Waals surface area (Å²) in [7, 11) is 5.16. The molecule has 0 bridgehead atoms. The number of carbonyl (C=O) groups excluding carboxylic acids is 2. The number of rotatable bonds is 7. The van der Waals surface area contributed by atoms with Crippen LogP contribution in [0, 0.1) is 5.92 Å². The zero-order chi connectivity index (χ0) is 17.9. The summed E-state index contributed by atoms with van der Waals surface area (Å²) < 4.78 is 0. The second-order valence-electron chi connectivity index (χ2n) is 6.16. The molecule has 0 aliphatic carbocycles. The Morgan fingerprint density at radius 2 is 1.96 bits per heavy atom. The number of piperidine rings is 1. The third-order valence-electron chi connectivity index (χ3n) is 4.12. The summed E-state index contributed by atoms with van der Waals surface area (Å²) in [6, 6.07) is 0.